The Hall–Kier alpha value is -3.87. The molecule has 1 aliphatic heterocycles. The lowest BCUT2D eigenvalue weighted by Crippen LogP contribution is -2.35. The van der Waals surface area contributed by atoms with Crippen molar-refractivity contribution >= 4 is 11.9 Å². The fourth-order valence-electron chi connectivity index (χ4n) is 4.50. The summed E-state index contributed by atoms with van der Waals surface area (Å²) in [6.07, 6.45) is 1.21. The summed E-state index contributed by atoms with van der Waals surface area (Å²) >= 11 is 0. The Morgan fingerprint density at radius 3 is 2.36 bits per heavy atom. The van der Waals surface area contributed by atoms with Crippen molar-refractivity contribution in [3.05, 3.63) is 94.8 Å². The van der Waals surface area contributed by atoms with Crippen LogP contribution in [0.4, 0.5) is 4.39 Å². The van der Waals surface area contributed by atoms with Gasteiger partial charge < -0.3 is 19.5 Å². The summed E-state index contributed by atoms with van der Waals surface area (Å²) in [7, 11) is 0. The Labute approximate surface area is 210 Å². The van der Waals surface area contributed by atoms with E-state index in [-0.39, 0.29) is 24.4 Å². The molecule has 0 saturated carbocycles. The molecule has 1 atom stereocenters. The number of hydrogen-bond donors (Lipinski definition) is 1. The van der Waals surface area contributed by atoms with Crippen molar-refractivity contribution < 1.29 is 28.6 Å². The highest BCUT2D eigenvalue weighted by molar-refractivity contribution is 5.96. The molecule has 1 heterocycles. The average Bonchev–Trinajstić information content (AvgIpc) is 3.15. The number of hydrogen-bond acceptors (Lipinski definition) is 4. The summed E-state index contributed by atoms with van der Waals surface area (Å²) in [6.45, 7) is 5.60. The van der Waals surface area contributed by atoms with Crippen LogP contribution in [0.5, 0.6) is 11.5 Å². The molecule has 0 radical (unpaired) electrons. The van der Waals surface area contributed by atoms with Crippen LogP contribution >= 0.6 is 0 Å². The molecule has 0 aliphatic carbocycles. The number of fused-ring (bicyclic) bond motifs is 1. The van der Waals surface area contributed by atoms with Gasteiger partial charge in [-0.1, -0.05) is 24.3 Å². The highest BCUT2D eigenvalue weighted by Crippen LogP contribution is 2.37. The Morgan fingerprint density at radius 2 is 1.72 bits per heavy atom. The standard InChI is InChI=1S/C29H30FNO5/c1-19(2)35-25-11-6-21(7-12-25)17-31(18-27(32)33)28(34)22-8-13-26-23(14-22)16-29(3,36-26)15-20-4-9-24(30)10-5-20/h4-14,19H,15-18H2,1-3H3,(H,32,33). The van der Waals surface area contributed by atoms with E-state index in [9.17, 15) is 19.1 Å². The predicted molar refractivity (Wildman–Crippen MR) is 134 cm³/mol. The van der Waals surface area contributed by atoms with E-state index in [1.165, 1.54) is 17.0 Å². The van der Waals surface area contributed by atoms with Crippen LogP contribution in [0.25, 0.3) is 0 Å². The first-order valence-electron chi connectivity index (χ1n) is 11.9. The highest BCUT2D eigenvalue weighted by Gasteiger charge is 2.35. The van der Waals surface area contributed by atoms with Crippen molar-refractivity contribution in [3.63, 3.8) is 0 Å². The number of aliphatic carboxylic acids is 1. The number of nitrogens with zero attached hydrogens (tertiary/aromatic N) is 1. The summed E-state index contributed by atoms with van der Waals surface area (Å²) < 4.78 is 25.1. The van der Waals surface area contributed by atoms with Gasteiger partial charge >= 0.3 is 5.97 Å². The number of halogens is 1. The molecule has 4 rings (SSSR count). The minimum atomic E-state index is -1.08. The van der Waals surface area contributed by atoms with Crippen molar-refractivity contribution in [3.8, 4) is 11.5 Å². The molecule has 0 fully saturated rings. The molecule has 1 aliphatic rings. The zero-order chi connectivity index (χ0) is 25.9. The van der Waals surface area contributed by atoms with E-state index in [4.69, 9.17) is 9.47 Å². The topological polar surface area (TPSA) is 76.1 Å². The lowest BCUT2D eigenvalue weighted by atomic mass is 9.91. The van der Waals surface area contributed by atoms with E-state index in [0.717, 1.165) is 16.7 Å². The molecular formula is C29H30FNO5. The predicted octanol–water partition coefficient (Wildman–Crippen LogP) is 5.28. The molecule has 0 saturated heterocycles. The average molecular weight is 492 g/mol. The van der Waals surface area contributed by atoms with Crippen LogP contribution in [0.1, 0.15) is 47.8 Å². The third kappa shape index (κ3) is 6.22. The maximum Gasteiger partial charge on any atom is 0.323 e. The molecule has 3 aromatic rings. The van der Waals surface area contributed by atoms with Crippen molar-refractivity contribution in [2.75, 3.05) is 6.54 Å². The van der Waals surface area contributed by atoms with Gasteiger partial charge in [-0.05, 0) is 79.9 Å². The van der Waals surface area contributed by atoms with Crippen LogP contribution in [0, 0.1) is 5.82 Å². The number of rotatable bonds is 9. The van der Waals surface area contributed by atoms with Crippen LogP contribution in [0.2, 0.25) is 0 Å². The minimum Gasteiger partial charge on any atom is -0.491 e. The third-order valence-electron chi connectivity index (χ3n) is 6.00. The largest absolute Gasteiger partial charge is 0.491 e. The summed E-state index contributed by atoms with van der Waals surface area (Å²) in [5.41, 5.74) is 2.53. The van der Waals surface area contributed by atoms with Gasteiger partial charge in [0, 0.05) is 24.9 Å². The molecular weight excluding hydrogens is 461 g/mol. The molecule has 3 aromatic carbocycles. The number of carbonyl (C=O) groups excluding carboxylic acids is 1. The third-order valence-corrected chi connectivity index (χ3v) is 6.00. The fraction of sp³-hybridized carbons (Fsp3) is 0.310. The lowest BCUT2D eigenvalue weighted by Gasteiger charge is -2.24. The van der Waals surface area contributed by atoms with Gasteiger partial charge in [0.05, 0.1) is 6.10 Å². The monoisotopic (exact) mass is 491 g/mol. The molecule has 1 unspecified atom stereocenters. The van der Waals surface area contributed by atoms with Gasteiger partial charge in [-0.25, -0.2) is 4.39 Å². The minimum absolute atomic E-state index is 0.0438. The number of carboxylic acid groups (broad SMARTS) is 1. The first-order valence-corrected chi connectivity index (χ1v) is 11.9. The first kappa shape index (κ1) is 25.2. The zero-order valence-electron chi connectivity index (χ0n) is 20.7. The highest BCUT2D eigenvalue weighted by atomic mass is 19.1. The first-order chi connectivity index (χ1) is 17.1. The smallest absolute Gasteiger partial charge is 0.323 e. The second kappa shape index (κ2) is 10.4. The van der Waals surface area contributed by atoms with Gasteiger partial charge in [0.1, 0.15) is 29.5 Å². The fourth-order valence-corrected chi connectivity index (χ4v) is 4.50. The molecule has 188 valence electrons. The summed E-state index contributed by atoms with van der Waals surface area (Å²) in [6, 6.07) is 18.8. The SMILES string of the molecule is CC(C)Oc1ccc(CN(CC(=O)O)C(=O)c2ccc3c(c2)CC(C)(Cc2ccc(F)cc2)O3)cc1. The van der Waals surface area contributed by atoms with Gasteiger partial charge in [0.25, 0.3) is 5.91 Å². The second-order valence-corrected chi connectivity index (χ2v) is 9.72. The van der Waals surface area contributed by atoms with Crippen LogP contribution in [0.15, 0.2) is 66.7 Å². The van der Waals surface area contributed by atoms with Gasteiger partial charge in [0.2, 0.25) is 0 Å². The summed E-state index contributed by atoms with van der Waals surface area (Å²) in [5.74, 6) is -0.323. The Bertz CT molecular complexity index is 1240. The molecule has 0 aromatic heterocycles. The van der Waals surface area contributed by atoms with Crippen molar-refractivity contribution in [1.29, 1.82) is 0 Å². The Morgan fingerprint density at radius 1 is 1.06 bits per heavy atom. The van der Waals surface area contributed by atoms with E-state index in [1.54, 1.807) is 30.3 Å². The van der Waals surface area contributed by atoms with Crippen molar-refractivity contribution in [1.82, 2.24) is 4.90 Å². The van der Waals surface area contributed by atoms with Crippen LogP contribution in [0.3, 0.4) is 0 Å². The van der Waals surface area contributed by atoms with Gasteiger partial charge in [-0.3, -0.25) is 9.59 Å². The molecule has 7 heteroatoms. The maximum atomic E-state index is 13.3. The van der Waals surface area contributed by atoms with E-state index in [0.29, 0.717) is 29.9 Å². The van der Waals surface area contributed by atoms with Gasteiger partial charge in [-0.15, -0.1) is 0 Å². The Kier molecular flexibility index (Phi) is 7.29. The van der Waals surface area contributed by atoms with E-state index < -0.39 is 18.1 Å². The van der Waals surface area contributed by atoms with E-state index in [2.05, 4.69) is 0 Å². The number of carbonyl (C=O) groups is 2. The molecule has 0 bridgehead atoms. The Balaban J connectivity index is 1.49. The van der Waals surface area contributed by atoms with E-state index in [1.807, 2.05) is 45.0 Å². The van der Waals surface area contributed by atoms with Gasteiger partial charge in [0.15, 0.2) is 0 Å². The molecule has 1 N–H and O–H groups in total. The van der Waals surface area contributed by atoms with Crippen molar-refractivity contribution in [2.24, 2.45) is 0 Å². The number of amides is 1. The van der Waals surface area contributed by atoms with E-state index >= 15 is 0 Å². The normalized spacial score (nSPS) is 16.4. The van der Waals surface area contributed by atoms with Gasteiger partial charge in [-0.2, -0.15) is 0 Å². The maximum absolute atomic E-state index is 13.3. The van der Waals surface area contributed by atoms with Crippen LogP contribution in [-0.4, -0.2) is 40.1 Å². The number of ether oxygens (including phenoxy) is 2. The molecule has 1 amide bonds. The zero-order valence-corrected chi connectivity index (χ0v) is 20.7. The number of carboxylic acids is 1. The molecule has 6 nitrogen and oxygen atoms in total. The van der Waals surface area contributed by atoms with Crippen LogP contribution in [-0.2, 0) is 24.2 Å². The summed E-state index contributed by atoms with van der Waals surface area (Å²) in [4.78, 5) is 26.2. The van der Waals surface area contributed by atoms with Crippen LogP contribution < -0.4 is 9.47 Å². The lowest BCUT2D eigenvalue weighted by molar-refractivity contribution is -0.137. The summed E-state index contributed by atoms with van der Waals surface area (Å²) in [5, 5.41) is 9.42. The molecule has 0 spiro atoms. The quantitative estimate of drug-likeness (QED) is 0.441. The second-order valence-electron chi connectivity index (χ2n) is 9.72. The number of benzene rings is 3. The van der Waals surface area contributed by atoms with Crippen molar-refractivity contribution in [2.45, 2.75) is 51.9 Å². The molecule has 36 heavy (non-hydrogen) atoms.